The van der Waals surface area contributed by atoms with Gasteiger partial charge in [0.25, 0.3) is 0 Å². The molecule has 0 aliphatic carbocycles. The SMILES string of the molecule is CC(=O)CC1=Cc2c(F)cccc2S1(=O)=O. The van der Waals surface area contributed by atoms with Gasteiger partial charge in [0.05, 0.1) is 9.80 Å². The molecule has 0 atom stereocenters. The molecule has 0 N–H and O–H groups in total. The smallest absolute Gasteiger partial charge is 0.203 e. The van der Waals surface area contributed by atoms with E-state index < -0.39 is 15.7 Å². The van der Waals surface area contributed by atoms with Crippen molar-refractivity contribution >= 4 is 21.7 Å². The monoisotopic (exact) mass is 240 g/mol. The standard InChI is InChI=1S/C11H9FO3S/c1-7(13)5-8-6-9-10(12)3-2-4-11(9)16(8,14)15/h2-4,6H,5H2,1H3. The predicted octanol–water partition coefficient (Wildman–Crippen LogP) is 1.93. The van der Waals surface area contributed by atoms with Crippen molar-refractivity contribution in [3.8, 4) is 0 Å². The summed E-state index contributed by atoms with van der Waals surface area (Å²) >= 11 is 0. The molecular formula is C11H9FO3S. The lowest BCUT2D eigenvalue weighted by molar-refractivity contribution is -0.116. The highest BCUT2D eigenvalue weighted by atomic mass is 32.2. The van der Waals surface area contributed by atoms with Crippen molar-refractivity contribution < 1.29 is 17.6 Å². The Kier molecular flexibility index (Phi) is 2.42. The lowest BCUT2D eigenvalue weighted by Gasteiger charge is -2.01. The van der Waals surface area contributed by atoms with Crippen LogP contribution in [0, 0.1) is 5.82 Å². The average Bonchev–Trinajstić information content (AvgIpc) is 2.41. The third-order valence-electron chi connectivity index (χ3n) is 2.38. The van der Waals surface area contributed by atoms with Crippen molar-refractivity contribution in [2.24, 2.45) is 0 Å². The summed E-state index contributed by atoms with van der Waals surface area (Å²) in [6.07, 6.45) is 1.05. The second kappa shape index (κ2) is 3.52. The van der Waals surface area contributed by atoms with Gasteiger partial charge in [-0.15, -0.1) is 0 Å². The molecule has 1 aliphatic rings. The molecule has 0 amide bonds. The maximum absolute atomic E-state index is 13.4. The Balaban J connectivity index is 2.61. The molecule has 0 saturated heterocycles. The van der Waals surface area contributed by atoms with Gasteiger partial charge in [-0.3, -0.25) is 4.79 Å². The molecule has 0 spiro atoms. The number of carbonyl (C=O) groups excluding carboxylic acids is 1. The zero-order valence-electron chi connectivity index (χ0n) is 8.53. The Hall–Kier alpha value is -1.49. The number of rotatable bonds is 2. The molecule has 0 fully saturated rings. The second-order valence-electron chi connectivity index (χ2n) is 3.64. The lowest BCUT2D eigenvalue weighted by atomic mass is 10.2. The second-order valence-corrected chi connectivity index (χ2v) is 5.62. The summed E-state index contributed by atoms with van der Waals surface area (Å²) in [5.41, 5.74) is 0.0544. The molecule has 0 aromatic heterocycles. The van der Waals surface area contributed by atoms with E-state index in [9.17, 15) is 17.6 Å². The minimum atomic E-state index is -3.66. The topological polar surface area (TPSA) is 51.2 Å². The molecule has 0 saturated carbocycles. The van der Waals surface area contributed by atoms with Crippen LogP contribution in [0.4, 0.5) is 4.39 Å². The van der Waals surface area contributed by atoms with E-state index in [-0.39, 0.29) is 27.6 Å². The first kappa shape index (κ1) is 11.0. The lowest BCUT2D eigenvalue weighted by Crippen LogP contribution is -2.04. The van der Waals surface area contributed by atoms with Crippen molar-refractivity contribution in [1.82, 2.24) is 0 Å². The van der Waals surface area contributed by atoms with Crippen LogP contribution in [-0.4, -0.2) is 14.2 Å². The van der Waals surface area contributed by atoms with Gasteiger partial charge in [0.15, 0.2) is 0 Å². The third kappa shape index (κ3) is 1.57. The Labute approximate surface area is 92.5 Å². The molecule has 1 aliphatic heterocycles. The van der Waals surface area contributed by atoms with Crippen LogP contribution in [-0.2, 0) is 14.6 Å². The largest absolute Gasteiger partial charge is 0.300 e. The number of fused-ring (bicyclic) bond motifs is 1. The molecule has 5 heteroatoms. The fraction of sp³-hybridized carbons (Fsp3) is 0.182. The third-order valence-corrected chi connectivity index (χ3v) is 4.26. The van der Waals surface area contributed by atoms with Crippen molar-refractivity contribution in [2.45, 2.75) is 18.2 Å². The van der Waals surface area contributed by atoms with Crippen LogP contribution in [0.15, 0.2) is 28.0 Å². The maximum Gasteiger partial charge on any atom is 0.203 e. The van der Waals surface area contributed by atoms with E-state index in [1.54, 1.807) is 0 Å². The fourth-order valence-corrected chi connectivity index (χ4v) is 3.32. The van der Waals surface area contributed by atoms with Crippen LogP contribution in [0.3, 0.4) is 0 Å². The fourth-order valence-electron chi connectivity index (χ4n) is 1.66. The number of allylic oxidation sites excluding steroid dienone is 1. The Morgan fingerprint density at radius 3 is 2.62 bits per heavy atom. The number of hydrogen-bond acceptors (Lipinski definition) is 3. The van der Waals surface area contributed by atoms with Gasteiger partial charge < -0.3 is 0 Å². The minimum absolute atomic E-state index is 0.0277. The van der Waals surface area contributed by atoms with Gasteiger partial charge in [-0.25, -0.2) is 12.8 Å². The zero-order valence-corrected chi connectivity index (χ0v) is 9.34. The van der Waals surface area contributed by atoms with Crippen LogP contribution in [0.2, 0.25) is 0 Å². The number of ketones is 1. The average molecular weight is 240 g/mol. The molecule has 3 nitrogen and oxygen atoms in total. The number of benzene rings is 1. The highest BCUT2D eigenvalue weighted by Gasteiger charge is 2.31. The van der Waals surface area contributed by atoms with Crippen LogP contribution in [0.1, 0.15) is 18.9 Å². The first-order valence-electron chi connectivity index (χ1n) is 4.66. The first-order chi connectivity index (χ1) is 7.43. The number of sulfone groups is 1. The summed E-state index contributed by atoms with van der Waals surface area (Å²) in [5, 5.41) is 0. The summed E-state index contributed by atoms with van der Waals surface area (Å²) in [6, 6.07) is 3.88. The molecule has 1 aromatic carbocycles. The van der Waals surface area contributed by atoms with E-state index in [4.69, 9.17) is 0 Å². The van der Waals surface area contributed by atoms with E-state index in [0.717, 1.165) is 0 Å². The molecule has 1 heterocycles. The van der Waals surface area contributed by atoms with E-state index in [2.05, 4.69) is 0 Å². The zero-order chi connectivity index (χ0) is 11.9. The maximum atomic E-state index is 13.4. The van der Waals surface area contributed by atoms with E-state index >= 15 is 0 Å². The summed E-state index contributed by atoms with van der Waals surface area (Å²) in [7, 11) is -3.66. The van der Waals surface area contributed by atoms with Crippen molar-refractivity contribution in [3.05, 3.63) is 34.5 Å². The van der Waals surface area contributed by atoms with E-state index in [1.807, 2.05) is 0 Å². The van der Waals surface area contributed by atoms with Crippen molar-refractivity contribution in [3.63, 3.8) is 0 Å². The van der Waals surface area contributed by atoms with Gasteiger partial charge in [-0.05, 0) is 25.1 Å². The molecule has 0 radical (unpaired) electrons. The Morgan fingerprint density at radius 1 is 1.38 bits per heavy atom. The summed E-state index contributed by atoms with van der Waals surface area (Å²) in [6.45, 7) is 1.30. The van der Waals surface area contributed by atoms with Gasteiger partial charge in [0.1, 0.15) is 11.6 Å². The summed E-state index contributed by atoms with van der Waals surface area (Å²) in [5.74, 6) is -0.845. The predicted molar refractivity (Wildman–Crippen MR) is 56.9 cm³/mol. The van der Waals surface area contributed by atoms with Crippen LogP contribution >= 0.6 is 0 Å². The first-order valence-corrected chi connectivity index (χ1v) is 6.15. The Morgan fingerprint density at radius 2 is 2.06 bits per heavy atom. The number of hydrogen-bond donors (Lipinski definition) is 0. The highest BCUT2D eigenvalue weighted by molar-refractivity contribution is 7.95. The van der Waals surface area contributed by atoms with Crippen molar-refractivity contribution in [2.75, 3.05) is 0 Å². The number of carbonyl (C=O) groups is 1. The van der Waals surface area contributed by atoms with E-state index in [1.165, 1.54) is 31.2 Å². The number of halogens is 1. The van der Waals surface area contributed by atoms with Gasteiger partial charge in [0, 0.05) is 12.0 Å². The molecule has 16 heavy (non-hydrogen) atoms. The molecule has 1 aromatic rings. The van der Waals surface area contributed by atoms with Crippen molar-refractivity contribution in [1.29, 1.82) is 0 Å². The van der Waals surface area contributed by atoms with Gasteiger partial charge >= 0.3 is 0 Å². The van der Waals surface area contributed by atoms with E-state index in [0.29, 0.717) is 0 Å². The van der Waals surface area contributed by atoms with Crippen LogP contribution in [0.5, 0.6) is 0 Å². The molecule has 0 bridgehead atoms. The van der Waals surface area contributed by atoms with Crippen LogP contribution < -0.4 is 0 Å². The summed E-state index contributed by atoms with van der Waals surface area (Å²) < 4.78 is 37.1. The molecule has 2 rings (SSSR count). The van der Waals surface area contributed by atoms with Gasteiger partial charge in [0.2, 0.25) is 9.84 Å². The normalized spacial score (nSPS) is 16.8. The molecular weight excluding hydrogens is 231 g/mol. The molecule has 0 unspecified atom stereocenters. The quantitative estimate of drug-likeness (QED) is 0.793. The highest BCUT2D eigenvalue weighted by Crippen LogP contribution is 2.35. The van der Waals surface area contributed by atoms with Crippen LogP contribution in [0.25, 0.3) is 6.08 Å². The Bertz CT molecular complexity index is 600. The minimum Gasteiger partial charge on any atom is -0.300 e. The number of Topliss-reactive ketones (excluding diaryl/α,β-unsaturated/α-hetero) is 1. The summed E-state index contributed by atoms with van der Waals surface area (Å²) in [4.78, 5) is 10.8. The van der Waals surface area contributed by atoms with Gasteiger partial charge in [-0.2, -0.15) is 0 Å². The molecule has 84 valence electrons. The van der Waals surface area contributed by atoms with Gasteiger partial charge in [-0.1, -0.05) is 6.07 Å².